The molecule has 2 unspecified atom stereocenters. The summed E-state index contributed by atoms with van der Waals surface area (Å²) in [6.07, 6.45) is 3.68. The van der Waals surface area contributed by atoms with Gasteiger partial charge in [-0.1, -0.05) is 49.6 Å². The van der Waals surface area contributed by atoms with Crippen molar-refractivity contribution >= 4 is 23.8 Å². The van der Waals surface area contributed by atoms with Crippen LogP contribution in [0.3, 0.4) is 0 Å². The molecule has 0 saturated heterocycles. The van der Waals surface area contributed by atoms with E-state index in [0.29, 0.717) is 5.56 Å². The molecule has 2 rings (SSSR count). The minimum Gasteiger partial charge on any atom is -0.444 e. The molecule has 1 saturated carbocycles. The van der Waals surface area contributed by atoms with Gasteiger partial charge in [0.15, 0.2) is 0 Å². The Balaban J connectivity index is 2.38. The molecule has 0 radical (unpaired) electrons. The third-order valence-corrected chi connectivity index (χ3v) is 5.82. The van der Waals surface area contributed by atoms with Gasteiger partial charge in [0.05, 0.1) is 6.07 Å². The van der Waals surface area contributed by atoms with Crippen molar-refractivity contribution in [3.63, 3.8) is 0 Å². The highest BCUT2D eigenvalue weighted by molar-refractivity contribution is 5.92. The number of hydrogen-bond acceptors (Lipinski definition) is 6. The van der Waals surface area contributed by atoms with E-state index >= 15 is 0 Å². The molecule has 10 nitrogen and oxygen atoms in total. The number of ether oxygens (including phenoxy) is 1. The van der Waals surface area contributed by atoms with Crippen LogP contribution < -0.4 is 16.4 Å². The average molecular weight is 500 g/mol. The van der Waals surface area contributed by atoms with Gasteiger partial charge in [0.1, 0.15) is 24.2 Å². The quantitative estimate of drug-likeness (QED) is 0.421. The molecule has 1 aromatic rings. The molecule has 1 aliphatic carbocycles. The summed E-state index contributed by atoms with van der Waals surface area (Å²) in [5, 5.41) is 15.1. The summed E-state index contributed by atoms with van der Waals surface area (Å²) < 4.78 is 5.28. The molecule has 10 heteroatoms. The Morgan fingerprint density at radius 1 is 1.14 bits per heavy atom. The Kier molecular flexibility index (Phi) is 10.7. The van der Waals surface area contributed by atoms with Crippen LogP contribution in [0.5, 0.6) is 0 Å². The number of amides is 4. The Morgan fingerprint density at radius 2 is 1.78 bits per heavy atom. The summed E-state index contributed by atoms with van der Waals surface area (Å²) >= 11 is 0. The van der Waals surface area contributed by atoms with Crippen LogP contribution in [-0.4, -0.2) is 52.9 Å². The molecule has 1 fully saturated rings. The zero-order valence-corrected chi connectivity index (χ0v) is 21.3. The highest BCUT2D eigenvalue weighted by Gasteiger charge is 2.37. The fourth-order valence-corrected chi connectivity index (χ4v) is 4.20. The van der Waals surface area contributed by atoms with Gasteiger partial charge < -0.3 is 26.0 Å². The van der Waals surface area contributed by atoms with Crippen LogP contribution in [0.1, 0.15) is 77.3 Å². The van der Waals surface area contributed by atoms with Gasteiger partial charge >= 0.3 is 6.09 Å². The molecule has 0 spiro atoms. The Hall–Kier alpha value is -3.61. The van der Waals surface area contributed by atoms with E-state index in [-0.39, 0.29) is 18.9 Å². The van der Waals surface area contributed by atoms with E-state index < -0.39 is 48.0 Å². The zero-order valence-electron chi connectivity index (χ0n) is 21.3. The number of carbonyl (C=O) groups excluding carboxylic acids is 4. The van der Waals surface area contributed by atoms with Crippen molar-refractivity contribution < 1.29 is 23.9 Å². The lowest BCUT2D eigenvalue weighted by atomic mass is 9.94. The van der Waals surface area contributed by atoms with Crippen molar-refractivity contribution in [1.29, 1.82) is 5.26 Å². The van der Waals surface area contributed by atoms with Gasteiger partial charge in [0.25, 0.3) is 0 Å². The summed E-state index contributed by atoms with van der Waals surface area (Å²) in [5.41, 5.74) is 5.00. The van der Waals surface area contributed by atoms with Crippen LogP contribution in [0.15, 0.2) is 30.3 Å². The summed E-state index contributed by atoms with van der Waals surface area (Å²) in [5.74, 6) is -1.74. The van der Waals surface area contributed by atoms with Gasteiger partial charge in [-0.05, 0) is 45.6 Å². The summed E-state index contributed by atoms with van der Waals surface area (Å²) in [7, 11) is 0. The lowest BCUT2D eigenvalue weighted by Gasteiger charge is -2.34. The molecule has 36 heavy (non-hydrogen) atoms. The van der Waals surface area contributed by atoms with Crippen LogP contribution in [0, 0.1) is 11.3 Å². The first-order chi connectivity index (χ1) is 17.0. The number of nitrogens with zero attached hydrogens (tertiary/aromatic N) is 2. The maximum absolute atomic E-state index is 13.7. The van der Waals surface area contributed by atoms with Crippen molar-refractivity contribution in [1.82, 2.24) is 15.5 Å². The predicted octanol–water partition coefficient (Wildman–Crippen LogP) is 2.69. The topological polar surface area (TPSA) is 155 Å². The van der Waals surface area contributed by atoms with E-state index in [1.165, 1.54) is 0 Å². The maximum atomic E-state index is 13.7. The molecule has 0 heterocycles. The monoisotopic (exact) mass is 499 g/mol. The van der Waals surface area contributed by atoms with E-state index in [0.717, 1.165) is 37.0 Å². The number of carbonyl (C=O) groups is 4. The lowest BCUT2D eigenvalue weighted by molar-refractivity contribution is -0.142. The zero-order chi connectivity index (χ0) is 26.7. The van der Waals surface area contributed by atoms with Crippen molar-refractivity contribution in [2.45, 2.75) is 89.4 Å². The van der Waals surface area contributed by atoms with Gasteiger partial charge in [-0.25, -0.2) is 4.79 Å². The predicted molar refractivity (Wildman–Crippen MR) is 133 cm³/mol. The van der Waals surface area contributed by atoms with Crippen molar-refractivity contribution in [3.8, 4) is 6.07 Å². The third kappa shape index (κ3) is 9.21. The number of benzene rings is 1. The van der Waals surface area contributed by atoms with Crippen LogP contribution in [0.4, 0.5) is 4.79 Å². The first-order valence-corrected chi connectivity index (χ1v) is 12.3. The summed E-state index contributed by atoms with van der Waals surface area (Å²) in [6.45, 7) is 4.63. The SMILES string of the molecule is CC(C)(C)OC(=O)NC(CCC(N)=O)C(=O)N(CC#N)C(C(=O)NC1CCCCC1)c1ccccc1. The molecule has 0 aromatic heterocycles. The second-order valence-corrected chi connectivity index (χ2v) is 9.98. The van der Waals surface area contributed by atoms with Crippen molar-refractivity contribution in [2.24, 2.45) is 5.73 Å². The summed E-state index contributed by atoms with van der Waals surface area (Å²) in [6, 6.07) is 8.32. The highest BCUT2D eigenvalue weighted by atomic mass is 16.6. The third-order valence-electron chi connectivity index (χ3n) is 5.82. The fourth-order valence-electron chi connectivity index (χ4n) is 4.20. The molecule has 1 aromatic carbocycles. The molecular formula is C26H37N5O5. The fraction of sp³-hybridized carbons (Fsp3) is 0.577. The largest absolute Gasteiger partial charge is 0.444 e. The van der Waals surface area contributed by atoms with Crippen LogP contribution in [0.2, 0.25) is 0 Å². The smallest absolute Gasteiger partial charge is 0.408 e. The number of hydrogen-bond donors (Lipinski definition) is 3. The van der Waals surface area contributed by atoms with Gasteiger partial charge in [-0.3, -0.25) is 14.4 Å². The highest BCUT2D eigenvalue weighted by Crippen LogP contribution is 2.25. The van der Waals surface area contributed by atoms with Gasteiger partial charge in [-0.15, -0.1) is 0 Å². The minimum absolute atomic E-state index is 0.0120. The second kappa shape index (κ2) is 13.5. The van der Waals surface area contributed by atoms with Crippen molar-refractivity contribution in [3.05, 3.63) is 35.9 Å². The second-order valence-electron chi connectivity index (χ2n) is 9.98. The molecule has 0 aliphatic heterocycles. The molecule has 4 amide bonds. The van der Waals surface area contributed by atoms with Crippen LogP contribution in [-0.2, 0) is 19.1 Å². The number of rotatable bonds is 10. The van der Waals surface area contributed by atoms with E-state index in [9.17, 15) is 24.4 Å². The van der Waals surface area contributed by atoms with E-state index in [1.807, 2.05) is 6.07 Å². The van der Waals surface area contributed by atoms with E-state index in [2.05, 4.69) is 10.6 Å². The van der Waals surface area contributed by atoms with Crippen LogP contribution in [0.25, 0.3) is 0 Å². The number of primary amides is 1. The summed E-state index contributed by atoms with van der Waals surface area (Å²) in [4.78, 5) is 52.3. The number of nitrogens with two attached hydrogens (primary N) is 1. The minimum atomic E-state index is -1.23. The van der Waals surface area contributed by atoms with Crippen molar-refractivity contribution in [2.75, 3.05) is 6.54 Å². The van der Waals surface area contributed by atoms with Gasteiger partial charge in [0.2, 0.25) is 17.7 Å². The Labute approximate surface area is 212 Å². The molecule has 4 N–H and O–H groups in total. The number of alkyl carbamates (subject to hydrolysis) is 1. The number of nitriles is 1. The van der Waals surface area contributed by atoms with Gasteiger partial charge in [-0.2, -0.15) is 5.26 Å². The average Bonchev–Trinajstić information content (AvgIpc) is 2.81. The first kappa shape index (κ1) is 28.6. The molecule has 2 atom stereocenters. The Bertz CT molecular complexity index is 948. The Morgan fingerprint density at radius 3 is 2.33 bits per heavy atom. The first-order valence-electron chi connectivity index (χ1n) is 12.3. The number of nitrogens with one attached hydrogen (secondary N) is 2. The van der Waals surface area contributed by atoms with Crippen LogP contribution >= 0.6 is 0 Å². The van der Waals surface area contributed by atoms with E-state index in [1.54, 1.807) is 51.1 Å². The molecule has 0 bridgehead atoms. The molecule has 196 valence electrons. The normalized spacial score (nSPS) is 15.6. The maximum Gasteiger partial charge on any atom is 0.408 e. The standard InChI is InChI=1S/C26H37N5O5/c1-26(2,3)36-25(35)30-20(14-15-21(28)32)24(34)31(17-16-27)22(18-10-6-4-7-11-18)23(33)29-19-12-8-5-9-13-19/h4,6-7,10-11,19-20,22H,5,8-9,12-15,17H2,1-3H3,(H2,28,32)(H,29,33)(H,30,35). The lowest BCUT2D eigenvalue weighted by Crippen LogP contribution is -2.54. The molecule has 1 aliphatic rings. The van der Waals surface area contributed by atoms with E-state index in [4.69, 9.17) is 10.5 Å². The molecular weight excluding hydrogens is 462 g/mol. The van der Waals surface area contributed by atoms with Gasteiger partial charge in [0, 0.05) is 12.5 Å².